The van der Waals surface area contributed by atoms with Crippen molar-refractivity contribution in [1.29, 1.82) is 0 Å². The van der Waals surface area contributed by atoms with Crippen molar-refractivity contribution in [3.05, 3.63) is 81.5 Å². The lowest BCUT2D eigenvalue weighted by Crippen LogP contribution is -2.17. The summed E-state index contributed by atoms with van der Waals surface area (Å²) >= 11 is 0. The van der Waals surface area contributed by atoms with Gasteiger partial charge in [-0.25, -0.2) is 4.98 Å². The number of nitrogens with zero attached hydrogens (tertiary/aromatic N) is 2. The Labute approximate surface area is 158 Å². The molecule has 2 heterocycles. The van der Waals surface area contributed by atoms with Crippen molar-refractivity contribution in [3.8, 4) is 0 Å². The second-order valence-corrected chi connectivity index (χ2v) is 6.65. The van der Waals surface area contributed by atoms with E-state index in [2.05, 4.69) is 26.3 Å². The SMILES string of the molecule is Cc1ccc(Cc2cnc(NCCCCc3ccccc3N)[nH]c2=O)cn1. The summed E-state index contributed by atoms with van der Waals surface area (Å²) in [4.78, 5) is 23.6. The molecule has 6 heteroatoms. The van der Waals surface area contributed by atoms with Gasteiger partial charge in [-0.1, -0.05) is 24.3 Å². The summed E-state index contributed by atoms with van der Waals surface area (Å²) in [5.74, 6) is 0.505. The number of hydrogen-bond donors (Lipinski definition) is 3. The molecule has 0 radical (unpaired) electrons. The number of benzene rings is 1. The zero-order valence-corrected chi connectivity index (χ0v) is 15.5. The molecule has 1 aromatic carbocycles. The molecule has 3 aromatic rings. The molecule has 0 atom stereocenters. The molecule has 0 aliphatic carbocycles. The Morgan fingerprint density at radius 3 is 2.63 bits per heavy atom. The molecule has 0 fully saturated rings. The van der Waals surface area contributed by atoms with Crippen molar-refractivity contribution < 1.29 is 0 Å². The second-order valence-electron chi connectivity index (χ2n) is 6.65. The third-order valence-corrected chi connectivity index (χ3v) is 4.46. The molecule has 140 valence electrons. The summed E-state index contributed by atoms with van der Waals surface area (Å²) in [5.41, 5.74) is 10.4. The normalized spacial score (nSPS) is 10.7. The van der Waals surface area contributed by atoms with Crippen LogP contribution in [-0.4, -0.2) is 21.5 Å². The number of hydrogen-bond acceptors (Lipinski definition) is 5. The average molecular weight is 363 g/mol. The number of nitrogens with two attached hydrogens (primary N) is 1. The maximum Gasteiger partial charge on any atom is 0.255 e. The van der Waals surface area contributed by atoms with Gasteiger partial charge in [0.05, 0.1) is 0 Å². The first kappa shape index (κ1) is 18.6. The molecular weight excluding hydrogens is 338 g/mol. The quantitative estimate of drug-likeness (QED) is 0.422. The van der Waals surface area contributed by atoms with Crippen molar-refractivity contribution in [2.24, 2.45) is 0 Å². The van der Waals surface area contributed by atoms with Crippen LogP contribution in [0.1, 0.15) is 35.2 Å². The van der Waals surface area contributed by atoms with Crippen LogP contribution < -0.4 is 16.6 Å². The van der Waals surface area contributed by atoms with Crippen molar-refractivity contribution in [1.82, 2.24) is 15.0 Å². The summed E-state index contributed by atoms with van der Waals surface area (Å²) in [6, 6.07) is 11.9. The molecule has 6 nitrogen and oxygen atoms in total. The van der Waals surface area contributed by atoms with E-state index >= 15 is 0 Å². The van der Waals surface area contributed by atoms with Crippen LogP contribution in [0.15, 0.2) is 53.6 Å². The summed E-state index contributed by atoms with van der Waals surface area (Å²) in [5, 5.41) is 3.17. The van der Waals surface area contributed by atoms with Crippen molar-refractivity contribution in [2.75, 3.05) is 17.6 Å². The van der Waals surface area contributed by atoms with E-state index in [4.69, 9.17) is 5.73 Å². The highest BCUT2D eigenvalue weighted by Gasteiger charge is 2.05. The lowest BCUT2D eigenvalue weighted by molar-refractivity contribution is 0.759. The lowest BCUT2D eigenvalue weighted by Gasteiger charge is -2.08. The van der Waals surface area contributed by atoms with Gasteiger partial charge in [0.2, 0.25) is 5.95 Å². The number of aromatic nitrogens is 3. The lowest BCUT2D eigenvalue weighted by atomic mass is 10.1. The van der Waals surface area contributed by atoms with Crippen molar-refractivity contribution >= 4 is 11.6 Å². The molecule has 4 N–H and O–H groups in total. The molecule has 0 aliphatic heterocycles. The summed E-state index contributed by atoms with van der Waals surface area (Å²) in [7, 11) is 0. The number of aromatic amines is 1. The molecule has 0 amide bonds. The van der Waals surface area contributed by atoms with Crippen LogP contribution in [0.3, 0.4) is 0 Å². The number of aryl methyl sites for hydroxylation is 2. The highest BCUT2D eigenvalue weighted by Crippen LogP contribution is 2.13. The Morgan fingerprint density at radius 2 is 1.89 bits per heavy atom. The summed E-state index contributed by atoms with van der Waals surface area (Å²) in [6.45, 7) is 2.68. The number of nitrogens with one attached hydrogen (secondary N) is 2. The maximum atomic E-state index is 12.3. The largest absolute Gasteiger partial charge is 0.399 e. The van der Waals surface area contributed by atoms with Gasteiger partial charge in [0.15, 0.2) is 0 Å². The third kappa shape index (κ3) is 5.41. The third-order valence-electron chi connectivity index (χ3n) is 4.46. The average Bonchev–Trinajstić information content (AvgIpc) is 2.67. The highest BCUT2D eigenvalue weighted by atomic mass is 16.1. The Bertz CT molecular complexity index is 934. The minimum atomic E-state index is -0.120. The number of para-hydroxylation sites is 1. The summed E-state index contributed by atoms with van der Waals surface area (Å²) < 4.78 is 0. The van der Waals surface area contributed by atoms with E-state index in [1.54, 1.807) is 12.4 Å². The Morgan fingerprint density at radius 1 is 1.04 bits per heavy atom. The van der Waals surface area contributed by atoms with Gasteiger partial charge in [-0.3, -0.25) is 14.8 Å². The fourth-order valence-corrected chi connectivity index (χ4v) is 2.87. The van der Waals surface area contributed by atoms with Gasteiger partial charge >= 0.3 is 0 Å². The van der Waals surface area contributed by atoms with E-state index in [1.165, 1.54) is 5.56 Å². The van der Waals surface area contributed by atoms with Crippen LogP contribution in [0.2, 0.25) is 0 Å². The van der Waals surface area contributed by atoms with Gasteiger partial charge in [0, 0.05) is 42.3 Å². The fourth-order valence-electron chi connectivity index (χ4n) is 2.87. The van der Waals surface area contributed by atoms with Crippen LogP contribution in [0, 0.1) is 6.92 Å². The highest BCUT2D eigenvalue weighted by molar-refractivity contribution is 5.46. The molecule has 0 saturated heterocycles. The number of unbranched alkanes of at least 4 members (excludes halogenated alkanes) is 1. The molecule has 0 saturated carbocycles. The molecule has 0 spiro atoms. The molecule has 0 bridgehead atoms. The van der Waals surface area contributed by atoms with Gasteiger partial charge < -0.3 is 11.1 Å². The first-order valence-electron chi connectivity index (χ1n) is 9.19. The summed E-state index contributed by atoms with van der Waals surface area (Å²) in [6.07, 6.45) is 6.88. The van der Waals surface area contributed by atoms with Crippen LogP contribution in [0.25, 0.3) is 0 Å². The molecule has 3 rings (SSSR count). The predicted octanol–water partition coefficient (Wildman–Crippen LogP) is 3.08. The zero-order chi connectivity index (χ0) is 19.1. The van der Waals surface area contributed by atoms with Gasteiger partial charge in [0.25, 0.3) is 5.56 Å². The number of H-pyrrole nitrogens is 1. The molecular formula is C21H25N5O. The van der Waals surface area contributed by atoms with E-state index < -0.39 is 0 Å². The van der Waals surface area contributed by atoms with Crippen LogP contribution >= 0.6 is 0 Å². The van der Waals surface area contributed by atoms with Crippen molar-refractivity contribution in [3.63, 3.8) is 0 Å². The number of rotatable bonds is 8. The second kappa shape index (κ2) is 8.98. The van der Waals surface area contributed by atoms with Gasteiger partial charge in [0.1, 0.15) is 0 Å². The number of anilines is 2. The minimum absolute atomic E-state index is 0.120. The maximum absolute atomic E-state index is 12.3. The number of pyridine rings is 1. The van der Waals surface area contributed by atoms with Crippen LogP contribution in [0.5, 0.6) is 0 Å². The minimum Gasteiger partial charge on any atom is -0.399 e. The van der Waals surface area contributed by atoms with E-state index in [0.29, 0.717) is 17.9 Å². The zero-order valence-electron chi connectivity index (χ0n) is 15.5. The fraction of sp³-hybridized carbons (Fsp3) is 0.286. The van der Waals surface area contributed by atoms with Gasteiger partial charge in [-0.05, 0) is 49.4 Å². The molecule has 0 unspecified atom stereocenters. The predicted molar refractivity (Wildman–Crippen MR) is 109 cm³/mol. The smallest absolute Gasteiger partial charge is 0.255 e. The van der Waals surface area contributed by atoms with Crippen LogP contribution in [-0.2, 0) is 12.8 Å². The molecule has 27 heavy (non-hydrogen) atoms. The van der Waals surface area contributed by atoms with Gasteiger partial charge in [-0.15, -0.1) is 0 Å². The van der Waals surface area contributed by atoms with E-state index in [9.17, 15) is 4.79 Å². The van der Waals surface area contributed by atoms with E-state index in [1.807, 2.05) is 37.3 Å². The van der Waals surface area contributed by atoms with E-state index in [-0.39, 0.29) is 5.56 Å². The molecule has 2 aromatic heterocycles. The first-order chi connectivity index (χ1) is 13.1. The molecule has 0 aliphatic rings. The Hall–Kier alpha value is -3.15. The van der Waals surface area contributed by atoms with Gasteiger partial charge in [-0.2, -0.15) is 0 Å². The number of nitrogen functional groups attached to an aromatic ring is 1. The Kier molecular flexibility index (Phi) is 6.20. The van der Waals surface area contributed by atoms with Crippen molar-refractivity contribution in [2.45, 2.75) is 32.6 Å². The topological polar surface area (TPSA) is 96.7 Å². The standard InChI is InChI=1S/C21H25N5O/c1-15-9-10-16(13-24-15)12-18-14-25-21(26-20(18)27)23-11-5-4-7-17-6-2-3-8-19(17)22/h2-3,6,8-10,13-14H,4-5,7,11-12,22H2,1H3,(H2,23,25,26,27). The Balaban J connectivity index is 1.47. The van der Waals surface area contributed by atoms with Crippen LogP contribution in [0.4, 0.5) is 11.6 Å². The monoisotopic (exact) mass is 363 g/mol. The first-order valence-corrected chi connectivity index (χ1v) is 9.19. The van der Waals surface area contributed by atoms with E-state index in [0.717, 1.165) is 42.8 Å².